The Kier molecular flexibility index (Phi) is 11.9. The van der Waals surface area contributed by atoms with E-state index in [0.29, 0.717) is 12.0 Å². The molecule has 0 saturated heterocycles. The number of esters is 1. The summed E-state index contributed by atoms with van der Waals surface area (Å²) >= 11 is 0. The molecule has 0 spiro atoms. The quantitative estimate of drug-likeness (QED) is 0.188. The van der Waals surface area contributed by atoms with Gasteiger partial charge >= 0.3 is 5.97 Å². The van der Waals surface area contributed by atoms with Gasteiger partial charge in [-0.1, -0.05) is 48.9 Å². The maximum Gasteiger partial charge on any atom is 0.311 e. The molecule has 0 fully saturated rings. The Balaban J connectivity index is 3.32. The molecule has 0 aliphatic rings. The van der Waals surface area contributed by atoms with Gasteiger partial charge in [-0.25, -0.2) is 8.42 Å². The number of carbonyl (C=O) groups excluding carboxylic acids is 1. The summed E-state index contributed by atoms with van der Waals surface area (Å²) in [5.41, 5.74) is 2.10. The molecule has 0 amide bonds. The van der Waals surface area contributed by atoms with E-state index in [9.17, 15) is 13.2 Å². The maximum absolute atomic E-state index is 13.6. The molecule has 5 nitrogen and oxygen atoms in total. The molecule has 0 aliphatic heterocycles. The summed E-state index contributed by atoms with van der Waals surface area (Å²) in [6.07, 6.45) is 7.78. The predicted octanol–water partition coefficient (Wildman–Crippen LogP) is 6.83. The molecule has 0 aromatic heterocycles. The Morgan fingerprint density at radius 2 is 1.66 bits per heavy atom. The van der Waals surface area contributed by atoms with E-state index < -0.39 is 15.3 Å². The standard InChI is InChI=1S/C29H42O5S/c1-10-22(3)27(33-9)24(5)20-23(4)26(35(31,32)25-14-12-11-13-15-25)17-16-21(2)18-19-34-28(30)29(6,7)8/h10-15,17-18,20,24,27H,16,19H2,1-9H3/b21-18+,22-10+,23-20+,26-17+/t24-,27+/m1/s1. The molecule has 0 N–H and O–H groups in total. The second-order valence-corrected chi connectivity index (χ2v) is 11.8. The number of ether oxygens (including phenoxy) is 2. The predicted molar refractivity (Wildman–Crippen MR) is 144 cm³/mol. The van der Waals surface area contributed by atoms with Crippen molar-refractivity contribution in [3.63, 3.8) is 0 Å². The highest BCUT2D eigenvalue weighted by Crippen LogP contribution is 2.29. The van der Waals surface area contributed by atoms with Crippen LogP contribution in [0.2, 0.25) is 0 Å². The van der Waals surface area contributed by atoms with Crippen LogP contribution in [-0.2, 0) is 24.1 Å². The molecule has 1 aromatic carbocycles. The van der Waals surface area contributed by atoms with Crippen LogP contribution >= 0.6 is 0 Å². The smallest absolute Gasteiger partial charge is 0.311 e. The first kappa shape index (κ1) is 30.6. The first-order valence-corrected chi connectivity index (χ1v) is 13.4. The van der Waals surface area contributed by atoms with Crippen molar-refractivity contribution in [3.8, 4) is 0 Å². The van der Waals surface area contributed by atoms with Crippen molar-refractivity contribution in [1.29, 1.82) is 0 Å². The lowest BCUT2D eigenvalue weighted by Gasteiger charge is -2.22. The molecule has 0 heterocycles. The number of rotatable bonds is 11. The second kappa shape index (κ2) is 13.6. The fourth-order valence-corrected chi connectivity index (χ4v) is 5.13. The number of hydrogen-bond acceptors (Lipinski definition) is 5. The summed E-state index contributed by atoms with van der Waals surface area (Å²) in [4.78, 5) is 12.5. The summed E-state index contributed by atoms with van der Waals surface area (Å²) in [5, 5.41) is 0. The van der Waals surface area contributed by atoms with Gasteiger partial charge in [0.2, 0.25) is 9.84 Å². The van der Waals surface area contributed by atoms with Gasteiger partial charge in [-0.05, 0) is 84.2 Å². The van der Waals surface area contributed by atoms with Gasteiger partial charge in [0.1, 0.15) is 6.61 Å². The SMILES string of the molecule is C/C=C(\C)[C@H](OC)[C@H](C)/C=C(C)/C(=C\C/C(C)=C/COC(=O)C(C)(C)C)S(=O)(=O)c1ccccc1. The highest BCUT2D eigenvalue weighted by atomic mass is 32.2. The number of methoxy groups -OCH3 is 1. The first-order chi connectivity index (χ1) is 16.2. The van der Waals surface area contributed by atoms with Crippen LogP contribution < -0.4 is 0 Å². The molecule has 0 radical (unpaired) electrons. The third-order valence-corrected chi connectivity index (χ3v) is 7.71. The van der Waals surface area contributed by atoms with Crippen molar-refractivity contribution in [2.24, 2.45) is 11.3 Å². The van der Waals surface area contributed by atoms with E-state index in [-0.39, 0.29) is 34.4 Å². The first-order valence-electron chi connectivity index (χ1n) is 11.9. The molecular formula is C29H42O5S. The zero-order valence-corrected chi connectivity index (χ0v) is 23.5. The maximum atomic E-state index is 13.6. The van der Waals surface area contributed by atoms with E-state index in [1.807, 2.05) is 52.8 Å². The molecule has 6 heteroatoms. The van der Waals surface area contributed by atoms with Gasteiger partial charge in [0.05, 0.1) is 21.3 Å². The van der Waals surface area contributed by atoms with Crippen LogP contribution in [0.5, 0.6) is 0 Å². The number of carbonyl (C=O) groups is 1. The van der Waals surface area contributed by atoms with Crippen molar-refractivity contribution in [2.75, 3.05) is 13.7 Å². The van der Waals surface area contributed by atoms with Crippen LogP contribution in [0.25, 0.3) is 0 Å². The Bertz CT molecular complexity index is 1070. The Labute approximate surface area is 212 Å². The Morgan fingerprint density at radius 3 is 2.17 bits per heavy atom. The van der Waals surface area contributed by atoms with Crippen molar-refractivity contribution >= 4 is 15.8 Å². The normalized spacial score (nSPS) is 16.1. The molecular weight excluding hydrogens is 460 g/mol. The number of sulfone groups is 1. The number of benzene rings is 1. The van der Waals surface area contributed by atoms with Crippen LogP contribution in [0.4, 0.5) is 0 Å². The summed E-state index contributed by atoms with van der Waals surface area (Å²) in [5.74, 6) is -0.305. The van der Waals surface area contributed by atoms with Gasteiger partial charge in [-0.15, -0.1) is 0 Å². The van der Waals surface area contributed by atoms with E-state index in [2.05, 4.69) is 0 Å². The molecule has 0 unspecified atom stereocenters. The van der Waals surface area contributed by atoms with Gasteiger partial charge in [-0.3, -0.25) is 4.79 Å². The summed E-state index contributed by atoms with van der Waals surface area (Å²) in [6, 6.07) is 8.45. The molecule has 0 bridgehead atoms. The molecule has 194 valence electrons. The van der Waals surface area contributed by atoms with E-state index in [0.717, 1.165) is 11.1 Å². The third-order valence-electron chi connectivity index (χ3n) is 5.75. The lowest BCUT2D eigenvalue weighted by atomic mass is 9.95. The van der Waals surface area contributed by atoms with Crippen LogP contribution in [0.1, 0.15) is 61.8 Å². The van der Waals surface area contributed by atoms with E-state index in [4.69, 9.17) is 9.47 Å². The lowest BCUT2D eigenvalue weighted by Crippen LogP contribution is -2.22. The van der Waals surface area contributed by atoms with Crippen LogP contribution in [0, 0.1) is 11.3 Å². The largest absolute Gasteiger partial charge is 0.461 e. The van der Waals surface area contributed by atoms with Crippen molar-refractivity contribution in [3.05, 3.63) is 76.3 Å². The van der Waals surface area contributed by atoms with Crippen LogP contribution in [0.3, 0.4) is 0 Å². The average molecular weight is 503 g/mol. The van der Waals surface area contributed by atoms with Gasteiger partial charge < -0.3 is 9.47 Å². The summed E-state index contributed by atoms with van der Waals surface area (Å²) < 4.78 is 38.1. The van der Waals surface area contributed by atoms with Crippen molar-refractivity contribution < 1.29 is 22.7 Å². The minimum atomic E-state index is -3.73. The highest BCUT2D eigenvalue weighted by Gasteiger charge is 2.24. The second-order valence-electron chi connectivity index (χ2n) is 9.89. The van der Waals surface area contributed by atoms with E-state index in [1.165, 1.54) is 0 Å². The highest BCUT2D eigenvalue weighted by molar-refractivity contribution is 7.95. The van der Waals surface area contributed by atoms with Crippen LogP contribution in [0.15, 0.2) is 81.2 Å². The number of allylic oxidation sites excluding steroid dienone is 4. The monoisotopic (exact) mass is 502 g/mol. The van der Waals surface area contributed by atoms with Gasteiger partial charge in [-0.2, -0.15) is 0 Å². The lowest BCUT2D eigenvalue weighted by molar-refractivity contribution is -0.151. The fraction of sp³-hybridized carbons (Fsp3) is 0.483. The van der Waals surface area contributed by atoms with Gasteiger partial charge in [0, 0.05) is 13.0 Å². The average Bonchev–Trinajstić information content (AvgIpc) is 2.79. The van der Waals surface area contributed by atoms with E-state index in [1.54, 1.807) is 64.3 Å². The van der Waals surface area contributed by atoms with Crippen LogP contribution in [-0.4, -0.2) is 34.2 Å². The third kappa shape index (κ3) is 9.26. The molecule has 0 saturated carbocycles. The summed E-state index contributed by atoms with van der Waals surface area (Å²) in [6.45, 7) is 15.3. The Hall–Kier alpha value is -2.44. The number of hydrogen-bond donors (Lipinski definition) is 0. The minimum absolute atomic E-state index is 0.0287. The van der Waals surface area contributed by atoms with Gasteiger partial charge in [0.25, 0.3) is 0 Å². The zero-order valence-electron chi connectivity index (χ0n) is 22.7. The van der Waals surface area contributed by atoms with Crippen molar-refractivity contribution in [2.45, 2.75) is 72.8 Å². The Morgan fingerprint density at radius 1 is 1.06 bits per heavy atom. The molecule has 1 aromatic rings. The molecule has 35 heavy (non-hydrogen) atoms. The minimum Gasteiger partial charge on any atom is -0.461 e. The summed E-state index contributed by atoms with van der Waals surface area (Å²) in [7, 11) is -2.07. The fourth-order valence-electron chi connectivity index (χ4n) is 3.57. The molecule has 2 atom stereocenters. The molecule has 0 aliphatic carbocycles. The topological polar surface area (TPSA) is 69.7 Å². The van der Waals surface area contributed by atoms with Gasteiger partial charge in [0.15, 0.2) is 0 Å². The van der Waals surface area contributed by atoms with E-state index >= 15 is 0 Å². The van der Waals surface area contributed by atoms with Crippen molar-refractivity contribution in [1.82, 2.24) is 0 Å². The zero-order chi connectivity index (χ0) is 26.8. The molecule has 1 rings (SSSR count).